The molecule has 0 heterocycles. The number of nitrogens with one attached hydrogen (secondary N) is 1. The Morgan fingerprint density at radius 3 is 2.17 bits per heavy atom. The highest BCUT2D eigenvalue weighted by Crippen LogP contribution is 2.23. The molecule has 0 spiro atoms. The highest BCUT2D eigenvalue weighted by atomic mass is 16.6. The van der Waals surface area contributed by atoms with E-state index in [-0.39, 0.29) is 12.2 Å². The van der Waals surface area contributed by atoms with Gasteiger partial charge in [0, 0.05) is 6.42 Å². The van der Waals surface area contributed by atoms with E-state index < -0.39 is 23.7 Å². The molecule has 1 aromatic rings. The summed E-state index contributed by atoms with van der Waals surface area (Å²) in [6.07, 6.45) is -0.437. The van der Waals surface area contributed by atoms with Crippen LogP contribution < -0.4 is 5.32 Å². The predicted octanol–water partition coefficient (Wildman–Crippen LogP) is 2.62. The van der Waals surface area contributed by atoms with Crippen molar-refractivity contribution in [3.05, 3.63) is 28.8 Å². The minimum atomic E-state index is -0.863. The molecule has 1 atom stereocenters. The second-order valence-electron chi connectivity index (χ2n) is 6.50. The van der Waals surface area contributed by atoms with Crippen molar-refractivity contribution in [2.75, 3.05) is 7.11 Å². The number of aromatic hydroxyl groups is 1. The van der Waals surface area contributed by atoms with Crippen LogP contribution in [0.15, 0.2) is 12.1 Å². The highest BCUT2D eigenvalue weighted by molar-refractivity contribution is 5.81. The number of aryl methyl sites for hydroxylation is 2. The van der Waals surface area contributed by atoms with Gasteiger partial charge in [-0.2, -0.15) is 0 Å². The van der Waals surface area contributed by atoms with Gasteiger partial charge in [0.1, 0.15) is 17.4 Å². The lowest BCUT2D eigenvalue weighted by atomic mass is 10.00. The van der Waals surface area contributed by atoms with Crippen molar-refractivity contribution in [1.29, 1.82) is 0 Å². The van der Waals surface area contributed by atoms with E-state index in [1.165, 1.54) is 7.11 Å². The number of ether oxygens (including phenoxy) is 2. The summed E-state index contributed by atoms with van der Waals surface area (Å²) < 4.78 is 9.91. The average molecular weight is 323 g/mol. The van der Waals surface area contributed by atoms with E-state index in [1.54, 1.807) is 46.8 Å². The molecule has 6 nitrogen and oxygen atoms in total. The summed E-state index contributed by atoms with van der Waals surface area (Å²) in [4.78, 5) is 23.8. The van der Waals surface area contributed by atoms with Crippen LogP contribution in [0, 0.1) is 13.8 Å². The number of hydrogen-bond acceptors (Lipinski definition) is 5. The molecule has 2 N–H and O–H groups in total. The van der Waals surface area contributed by atoms with E-state index in [0.717, 1.165) is 5.56 Å². The summed E-state index contributed by atoms with van der Waals surface area (Å²) in [5.74, 6) is -0.331. The van der Waals surface area contributed by atoms with Gasteiger partial charge in [0.05, 0.1) is 7.11 Å². The first kappa shape index (κ1) is 18.8. The molecule has 0 fully saturated rings. The fourth-order valence-corrected chi connectivity index (χ4v) is 2.18. The van der Waals surface area contributed by atoms with Crippen LogP contribution >= 0.6 is 0 Å². The van der Waals surface area contributed by atoms with Gasteiger partial charge in [0.2, 0.25) is 0 Å². The molecule has 1 rings (SSSR count). The standard InChI is InChI=1S/C17H25NO5/c1-10-7-12(8-11(2)14(10)19)9-13(15(20)22-6)18-16(21)23-17(3,4)5/h7-8,13,19H,9H2,1-6H3,(H,18,21)/t13-/m0/s1. The SMILES string of the molecule is COC(=O)[C@H](Cc1cc(C)c(O)c(C)c1)NC(=O)OC(C)(C)C. The molecule has 1 aromatic carbocycles. The number of amides is 1. The zero-order valence-corrected chi connectivity index (χ0v) is 14.5. The maximum absolute atomic E-state index is 11.9. The number of benzene rings is 1. The number of phenols is 1. The number of phenolic OH excluding ortho intramolecular Hbond substituents is 1. The zero-order valence-electron chi connectivity index (χ0n) is 14.5. The van der Waals surface area contributed by atoms with E-state index in [4.69, 9.17) is 9.47 Å². The maximum atomic E-state index is 11.9. The summed E-state index contributed by atoms with van der Waals surface area (Å²) in [5.41, 5.74) is 1.57. The molecular formula is C17H25NO5. The van der Waals surface area contributed by atoms with Crippen LogP contribution in [0.3, 0.4) is 0 Å². The minimum Gasteiger partial charge on any atom is -0.507 e. The van der Waals surface area contributed by atoms with Crippen LogP contribution in [0.1, 0.15) is 37.5 Å². The van der Waals surface area contributed by atoms with Crippen molar-refractivity contribution in [2.45, 2.75) is 52.7 Å². The number of rotatable bonds is 4. The summed E-state index contributed by atoms with van der Waals surface area (Å²) in [6.45, 7) is 8.78. The molecular weight excluding hydrogens is 298 g/mol. The van der Waals surface area contributed by atoms with Crippen LogP contribution in [0.5, 0.6) is 5.75 Å². The molecule has 0 aromatic heterocycles. The number of carbonyl (C=O) groups is 2. The summed E-state index contributed by atoms with van der Waals surface area (Å²) >= 11 is 0. The van der Waals surface area contributed by atoms with Crippen molar-refractivity contribution in [1.82, 2.24) is 5.32 Å². The molecule has 0 bridgehead atoms. The first-order chi connectivity index (χ1) is 10.5. The fraction of sp³-hybridized carbons (Fsp3) is 0.529. The summed E-state index contributed by atoms with van der Waals surface area (Å²) in [6, 6.07) is 2.68. The number of esters is 1. The van der Waals surface area contributed by atoms with Gasteiger partial charge in [-0.1, -0.05) is 12.1 Å². The Balaban J connectivity index is 2.92. The van der Waals surface area contributed by atoms with E-state index in [1.807, 2.05) is 0 Å². The van der Waals surface area contributed by atoms with Gasteiger partial charge in [-0.25, -0.2) is 9.59 Å². The minimum absolute atomic E-state index is 0.225. The molecule has 0 saturated heterocycles. The maximum Gasteiger partial charge on any atom is 0.408 e. The predicted molar refractivity (Wildman–Crippen MR) is 86.5 cm³/mol. The van der Waals surface area contributed by atoms with Gasteiger partial charge in [0.15, 0.2) is 0 Å². The van der Waals surface area contributed by atoms with E-state index in [0.29, 0.717) is 11.1 Å². The Morgan fingerprint density at radius 2 is 1.74 bits per heavy atom. The van der Waals surface area contributed by atoms with E-state index >= 15 is 0 Å². The van der Waals surface area contributed by atoms with E-state index in [2.05, 4.69) is 5.32 Å². The van der Waals surface area contributed by atoms with Crippen LogP contribution in [0.4, 0.5) is 4.79 Å². The Bertz CT molecular complexity index is 566. The lowest BCUT2D eigenvalue weighted by Gasteiger charge is -2.23. The van der Waals surface area contributed by atoms with Gasteiger partial charge in [-0.3, -0.25) is 0 Å². The van der Waals surface area contributed by atoms with Crippen molar-refractivity contribution in [3.63, 3.8) is 0 Å². The third-order valence-electron chi connectivity index (χ3n) is 3.17. The normalized spacial score (nSPS) is 12.4. The van der Waals surface area contributed by atoms with Crippen molar-refractivity contribution < 1.29 is 24.2 Å². The number of carbonyl (C=O) groups excluding carboxylic acids is 2. The highest BCUT2D eigenvalue weighted by Gasteiger charge is 2.25. The quantitative estimate of drug-likeness (QED) is 0.832. The first-order valence-corrected chi connectivity index (χ1v) is 7.40. The monoisotopic (exact) mass is 323 g/mol. The molecule has 0 aliphatic rings. The topological polar surface area (TPSA) is 84.9 Å². The molecule has 0 saturated carbocycles. The lowest BCUT2D eigenvalue weighted by Crippen LogP contribution is -2.45. The number of methoxy groups -OCH3 is 1. The molecule has 0 aliphatic carbocycles. The molecule has 6 heteroatoms. The van der Waals surface area contributed by atoms with Gasteiger partial charge >= 0.3 is 12.1 Å². The Morgan fingerprint density at radius 1 is 1.22 bits per heavy atom. The second-order valence-corrected chi connectivity index (χ2v) is 6.50. The molecule has 0 radical (unpaired) electrons. The lowest BCUT2D eigenvalue weighted by molar-refractivity contribution is -0.143. The Hall–Kier alpha value is -2.24. The van der Waals surface area contributed by atoms with Crippen molar-refractivity contribution >= 4 is 12.1 Å². The van der Waals surface area contributed by atoms with Gasteiger partial charge in [-0.15, -0.1) is 0 Å². The smallest absolute Gasteiger partial charge is 0.408 e. The fourth-order valence-electron chi connectivity index (χ4n) is 2.18. The average Bonchev–Trinajstić information content (AvgIpc) is 2.41. The van der Waals surface area contributed by atoms with Crippen LogP contribution in [0.25, 0.3) is 0 Å². The van der Waals surface area contributed by atoms with E-state index in [9.17, 15) is 14.7 Å². The van der Waals surface area contributed by atoms with Gasteiger partial charge in [-0.05, 0) is 51.3 Å². The first-order valence-electron chi connectivity index (χ1n) is 7.40. The van der Waals surface area contributed by atoms with Gasteiger partial charge < -0.3 is 19.9 Å². The third kappa shape index (κ3) is 5.81. The van der Waals surface area contributed by atoms with Crippen LogP contribution in [-0.2, 0) is 20.7 Å². The molecule has 0 aliphatic heterocycles. The molecule has 128 valence electrons. The van der Waals surface area contributed by atoms with Crippen molar-refractivity contribution in [2.24, 2.45) is 0 Å². The Kier molecular flexibility index (Phi) is 6.01. The number of hydrogen-bond donors (Lipinski definition) is 2. The second kappa shape index (κ2) is 7.35. The zero-order chi connectivity index (χ0) is 17.8. The Labute approximate surface area is 136 Å². The molecule has 1 amide bonds. The van der Waals surface area contributed by atoms with Crippen LogP contribution in [0.2, 0.25) is 0 Å². The third-order valence-corrected chi connectivity index (χ3v) is 3.17. The number of alkyl carbamates (subject to hydrolysis) is 1. The molecule has 0 unspecified atom stereocenters. The van der Waals surface area contributed by atoms with Crippen molar-refractivity contribution in [3.8, 4) is 5.75 Å². The van der Waals surface area contributed by atoms with Crippen LogP contribution in [-0.4, -0.2) is 35.9 Å². The van der Waals surface area contributed by atoms with Gasteiger partial charge in [0.25, 0.3) is 0 Å². The summed E-state index contributed by atoms with van der Waals surface area (Å²) in [5, 5.41) is 12.3. The summed E-state index contributed by atoms with van der Waals surface area (Å²) in [7, 11) is 1.26. The largest absolute Gasteiger partial charge is 0.507 e. The molecule has 23 heavy (non-hydrogen) atoms.